The van der Waals surface area contributed by atoms with Gasteiger partial charge in [-0.2, -0.15) is 4.57 Å². The molecule has 6 heterocycles. The van der Waals surface area contributed by atoms with E-state index in [1.165, 1.54) is 23.1 Å². The summed E-state index contributed by atoms with van der Waals surface area (Å²) >= 11 is 9.69. The lowest BCUT2D eigenvalue weighted by Gasteiger charge is -2.16. The molecule has 6 nitrogen and oxygen atoms in total. The molecule has 0 unspecified atom stereocenters. The standard InChI is InChI=1S/C23H14N2O4S6/c26-20(27)10-24-12-7-16(14-3-1-5-30-14)32-22(12)34-18(24)9-19-25(11-21(28)29)13-8-17(33-23(13)35-19)15-4-2-6-31-15/h1-9H,10-11H2,(H-,26,27,28,29)/p+1. The van der Waals surface area contributed by atoms with Crippen LogP contribution in [0.25, 0.3) is 35.1 Å². The van der Waals surface area contributed by atoms with Gasteiger partial charge in [-0.25, -0.2) is 4.79 Å². The number of thiophene rings is 4. The molecule has 176 valence electrons. The summed E-state index contributed by atoms with van der Waals surface area (Å²) in [5.41, 5.74) is 1.78. The molecule has 1 aliphatic rings. The number of thioether (sulfide) groups is 1. The minimum Gasteiger partial charge on any atom is -0.480 e. The molecule has 35 heavy (non-hydrogen) atoms. The van der Waals surface area contributed by atoms with E-state index in [1.54, 1.807) is 45.3 Å². The number of nitrogens with zero attached hydrogens (tertiary/aromatic N) is 2. The van der Waals surface area contributed by atoms with Crippen LogP contribution in [0.4, 0.5) is 5.69 Å². The van der Waals surface area contributed by atoms with Crippen LogP contribution in [0, 0.1) is 0 Å². The van der Waals surface area contributed by atoms with E-state index in [1.807, 2.05) is 50.6 Å². The van der Waals surface area contributed by atoms with E-state index >= 15 is 0 Å². The molecule has 0 aliphatic carbocycles. The zero-order valence-electron chi connectivity index (χ0n) is 17.7. The molecule has 0 amide bonds. The first kappa shape index (κ1) is 23.0. The Morgan fingerprint density at radius 3 is 2.26 bits per heavy atom. The third-order valence-electron chi connectivity index (χ3n) is 5.23. The van der Waals surface area contributed by atoms with E-state index < -0.39 is 11.9 Å². The van der Waals surface area contributed by atoms with Crippen molar-refractivity contribution in [2.45, 2.75) is 10.8 Å². The van der Waals surface area contributed by atoms with Crippen molar-refractivity contribution in [2.24, 2.45) is 0 Å². The molecule has 0 fully saturated rings. The van der Waals surface area contributed by atoms with Gasteiger partial charge in [0, 0.05) is 20.7 Å². The van der Waals surface area contributed by atoms with E-state index in [9.17, 15) is 19.8 Å². The second-order valence-electron chi connectivity index (χ2n) is 7.51. The first-order valence-electron chi connectivity index (χ1n) is 10.2. The topological polar surface area (TPSA) is 81.7 Å². The van der Waals surface area contributed by atoms with Crippen LogP contribution in [-0.2, 0) is 16.1 Å². The van der Waals surface area contributed by atoms with Crippen LogP contribution in [0.5, 0.6) is 0 Å². The van der Waals surface area contributed by atoms with Crippen LogP contribution in [0.3, 0.4) is 0 Å². The first-order valence-corrected chi connectivity index (χ1v) is 15.3. The summed E-state index contributed by atoms with van der Waals surface area (Å²) < 4.78 is 3.90. The van der Waals surface area contributed by atoms with E-state index in [0.717, 1.165) is 49.0 Å². The summed E-state index contributed by atoms with van der Waals surface area (Å²) in [7, 11) is 0. The third-order valence-corrected chi connectivity index (χ3v) is 12.1. The van der Waals surface area contributed by atoms with Crippen LogP contribution in [0.15, 0.2) is 56.4 Å². The van der Waals surface area contributed by atoms with E-state index in [4.69, 9.17) is 0 Å². The summed E-state index contributed by atoms with van der Waals surface area (Å²) in [5, 5.41) is 24.8. The normalized spacial score (nSPS) is 14.3. The van der Waals surface area contributed by atoms with Gasteiger partial charge in [0.05, 0.1) is 25.9 Å². The van der Waals surface area contributed by atoms with Crippen LogP contribution in [0.1, 0.15) is 5.01 Å². The van der Waals surface area contributed by atoms with Gasteiger partial charge in [0.1, 0.15) is 6.54 Å². The smallest absolute Gasteiger partial charge is 0.370 e. The number of hydrogen-bond acceptors (Lipinski definition) is 9. The molecule has 0 bridgehead atoms. The summed E-state index contributed by atoms with van der Waals surface area (Å²) in [4.78, 5) is 29.8. The maximum Gasteiger partial charge on any atom is 0.370 e. The Bertz CT molecular complexity index is 1590. The van der Waals surface area contributed by atoms with Gasteiger partial charge in [-0.1, -0.05) is 35.2 Å². The van der Waals surface area contributed by atoms with Crippen molar-refractivity contribution in [1.29, 1.82) is 0 Å². The Hall–Kier alpha value is -2.48. The fourth-order valence-electron chi connectivity index (χ4n) is 3.79. The summed E-state index contributed by atoms with van der Waals surface area (Å²) in [6.45, 7) is -0.318. The van der Waals surface area contributed by atoms with Crippen molar-refractivity contribution in [2.75, 3.05) is 11.4 Å². The summed E-state index contributed by atoms with van der Waals surface area (Å²) in [6.07, 6.45) is 1.93. The molecule has 0 spiro atoms. The number of thiazole rings is 1. The molecule has 5 aromatic heterocycles. The Morgan fingerprint density at radius 2 is 1.63 bits per heavy atom. The van der Waals surface area contributed by atoms with Crippen molar-refractivity contribution >= 4 is 102 Å². The zero-order chi connectivity index (χ0) is 24.1. The quantitative estimate of drug-likeness (QED) is 0.207. The number of carboxylic acid groups (broad SMARTS) is 2. The van der Waals surface area contributed by atoms with Crippen LogP contribution < -0.4 is 9.47 Å². The number of carboxylic acids is 2. The van der Waals surface area contributed by atoms with Gasteiger partial charge in [-0.15, -0.1) is 45.3 Å². The third kappa shape index (κ3) is 4.34. The van der Waals surface area contributed by atoms with E-state index in [-0.39, 0.29) is 13.1 Å². The fourth-order valence-corrected chi connectivity index (χ4v) is 10.5. The van der Waals surface area contributed by atoms with Crippen molar-refractivity contribution in [3.63, 3.8) is 0 Å². The Kier molecular flexibility index (Phi) is 6.03. The molecule has 0 saturated heterocycles. The van der Waals surface area contributed by atoms with Crippen molar-refractivity contribution < 1.29 is 24.4 Å². The molecule has 0 saturated carbocycles. The number of aromatic nitrogens is 1. The maximum absolute atomic E-state index is 11.7. The zero-order valence-corrected chi connectivity index (χ0v) is 22.6. The predicted octanol–water partition coefficient (Wildman–Crippen LogP) is 6.85. The number of anilines is 1. The minimum absolute atomic E-state index is 0.159. The highest BCUT2D eigenvalue weighted by molar-refractivity contribution is 8.05. The molecular formula is C23H15N2O4S6+. The van der Waals surface area contributed by atoms with Gasteiger partial charge >= 0.3 is 11.9 Å². The Morgan fingerprint density at radius 1 is 0.914 bits per heavy atom. The van der Waals surface area contributed by atoms with E-state index in [0.29, 0.717) is 0 Å². The molecule has 5 aromatic rings. The molecule has 1 aliphatic heterocycles. The number of rotatable bonds is 7. The number of fused-ring (bicyclic) bond motifs is 2. The molecule has 0 radical (unpaired) electrons. The summed E-state index contributed by atoms with van der Waals surface area (Å²) in [6, 6.07) is 12.2. The SMILES string of the molecule is O=C(O)CN1C(=Cc2sc3sc(-c4cccs4)cc3[n+]2CC(=O)O)Sc2sc(-c3cccs3)cc21. The molecule has 6 rings (SSSR count). The largest absolute Gasteiger partial charge is 0.480 e. The Balaban J connectivity index is 1.41. The van der Waals surface area contributed by atoms with Gasteiger partial charge in [0.2, 0.25) is 12.1 Å². The highest BCUT2D eigenvalue weighted by Crippen LogP contribution is 2.53. The van der Waals surface area contributed by atoms with Crippen molar-refractivity contribution in [1.82, 2.24) is 0 Å². The second kappa shape index (κ2) is 9.19. The molecule has 0 atom stereocenters. The Labute approximate surface area is 223 Å². The molecule has 0 aromatic carbocycles. The average Bonchev–Trinajstić information content (AvgIpc) is 3.62. The van der Waals surface area contributed by atoms with Gasteiger partial charge in [0.25, 0.3) is 5.01 Å². The van der Waals surface area contributed by atoms with Crippen LogP contribution >= 0.6 is 68.4 Å². The van der Waals surface area contributed by atoms with Crippen molar-refractivity contribution in [3.05, 3.63) is 57.2 Å². The highest BCUT2D eigenvalue weighted by atomic mass is 32.2. The lowest BCUT2D eigenvalue weighted by atomic mass is 10.3. The average molecular weight is 576 g/mol. The number of aliphatic carboxylic acids is 2. The molecule has 12 heteroatoms. The van der Waals surface area contributed by atoms with Gasteiger partial charge in [-0.05, 0) is 29.0 Å². The lowest BCUT2D eigenvalue weighted by Crippen LogP contribution is -2.39. The van der Waals surface area contributed by atoms with Gasteiger partial charge in [0.15, 0.2) is 4.01 Å². The lowest BCUT2D eigenvalue weighted by molar-refractivity contribution is -0.657. The predicted molar refractivity (Wildman–Crippen MR) is 147 cm³/mol. The summed E-state index contributed by atoms with van der Waals surface area (Å²) in [5.74, 6) is -1.83. The number of carbonyl (C=O) groups is 2. The van der Waals surface area contributed by atoms with Crippen LogP contribution in [0.2, 0.25) is 0 Å². The monoisotopic (exact) mass is 575 g/mol. The minimum atomic E-state index is -0.917. The van der Waals surface area contributed by atoms with Gasteiger partial charge in [-0.3, -0.25) is 4.79 Å². The molecular weight excluding hydrogens is 561 g/mol. The molecule has 2 N–H and O–H groups in total. The number of hydrogen-bond donors (Lipinski definition) is 2. The van der Waals surface area contributed by atoms with Gasteiger partial charge < -0.3 is 15.1 Å². The highest BCUT2D eigenvalue weighted by Gasteiger charge is 2.32. The van der Waals surface area contributed by atoms with Crippen LogP contribution in [-0.4, -0.2) is 28.7 Å². The van der Waals surface area contributed by atoms with E-state index in [2.05, 4.69) is 12.1 Å². The first-order chi connectivity index (χ1) is 17.0. The maximum atomic E-state index is 11.7. The second-order valence-corrected chi connectivity index (χ2v) is 14.1. The van der Waals surface area contributed by atoms with Crippen molar-refractivity contribution in [3.8, 4) is 19.5 Å². The fraction of sp³-hybridized carbons (Fsp3) is 0.0870.